The number of amides is 2. The molecule has 0 saturated heterocycles. The molecule has 1 aromatic carbocycles. The van der Waals surface area contributed by atoms with Crippen molar-refractivity contribution in [3.05, 3.63) is 58.2 Å². The number of aryl methyl sites for hydroxylation is 2. The maximum Gasteiger partial charge on any atom is 0.319 e. The third-order valence-electron chi connectivity index (χ3n) is 4.06. The predicted octanol–water partition coefficient (Wildman–Crippen LogP) is 4.54. The minimum atomic E-state index is -0.189. The van der Waals surface area contributed by atoms with Gasteiger partial charge in [-0.05, 0) is 43.5 Å². The highest BCUT2D eigenvalue weighted by Gasteiger charge is 2.12. The van der Waals surface area contributed by atoms with Crippen LogP contribution in [-0.2, 0) is 6.54 Å². The molecule has 0 atom stereocenters. The number of thiophene rings is 1. The largest absolute Gasteiger partial charge is 0.334 e. The van der Waals surface area contributed by atoms with Gasteiger partial charge in [-0.1, -0.05) is 18.2 Å². The number of pyridine rings is 1. The molecule has 3 aromatic rings. The molecule has 3 rings (SSSR count). The normalized spacial score (nSPS) is 10.7. The zero-order valence-electron chi connectivity index (χ0n) is 13.4. The Morgan fingerprint density at radius 2 is 2.04 bits per heavy atom. The molecule has 2 aromatic heterocycles. The van der Waals surface area contributed by atoms with Gasteiger partial charge in [0.1, 0.15) is 0 Å². The zero-order valence-corrected chi connectivity index (χ0v) is 14.3. The molecule has 2 heterocycles. The number of carbonyl (C=O) groups is 1. The average molecular weight is 325 g/mol. The van der Waals surface area contributed by atoms with E-state index in [1.807, 2.05) is 31.3 Å². The molecule has 2 amide bonds. The molecule has 118 valence electrons. The maximum atomic E-state index is 12.2. The van der Waals surface area contributed by atoms with Gasteiger partial charge in [-0.25, -0.2) is 4.79 Å². The van der Waals surface area contributed by atoms with E-state index in [4.69, 9.17) is 0 Å². The van der Waals surface area contributed by atoms with Gasteiger partial charge in [0.25, 0.3) is 0 Å². The van der Waals surface area contributed by atoms with Crippen molar-refractivity contribution >= 4 is 33.1 Å². The van der Waals surface area contributed by atoms with E-state index in [2.05, 4.69) is 35.5 Å². The third-order valence-corrected chi connectivity index (χ3v) is 5.12. The highest BCUT2D eigenvalue weighted by atomic mass is 32.1. The van der Waals surface area contributed by atoms with Crippen molar-refractivity contribution in [2.45, 2.75) is 27.3 Å². The van der Waals surface area contributed by atoms with Crippen molar-refractivity contribution < 1.29 is 4.79 Å². The molecular formula is C18H19N3OS. The van der Waals surface area contributed by atoms with E-state index in [0.29, 0.717) is 6.54 Å². The van der Waals surface area contributed by atoms with Gasteiger partial charge < -0.3 is 10.6 Å². The number of fused-ring (bicyclic) bond motifs is 1. The van der Waals surface area contributed by atoms with Gasteiger partial charge in [-0.3, -0.25) is 4.98 Å². The molecular weight excluding hydrogens is 306 g/mol. The summed E-state index contributed by atoms with van der Waals surface area (Å²) in [6.45, 7) is 6.68. The molecule has 0 aliphatic heterocycles. The summed E-state index contributed by atoms with van der Waals surface area (Å²) in [7, 11) is 0. The fourth-order valence-electron chi connectivity index (χ4n) is 2.57. The van der Waals surface area contributed by atoms with Crippen molar-refractivity contribution in [3.63, 3.8) is 0 Å². The number of carbonyl (C=O) groups excluding carboxylic acids is 1. The number of hydrogen-bond donors (Lipinski definition) is 2. The average Bonchev–Trinajstić information content (AvgIpc) is 2.85. The molecule has 0 aliphatic rings. The summed E-state index contributed by atoms with van der Waals surface area (Å²) >= 11 is 1.63. The highest BCUT2D eigenvalue weighted by Crippen LogP contribution is 2.34. The van der Waals surface area contributed by atoms with Crippen LogP contribution in [0.3, 0.4) is 0 Å². The Balaban J connectivity index is 1.72. The van der Waals surface area contributed by atoms with Gasteiger partial charge in [-0.15, -0.1) is 11.3 Å². The van der Waals surface area contributed by atoms with Crippen LogP contribution in [0.5, 0.6) is 0 Å². The maximum absolute atomic E-state index is 12.2. The Labute approximate surface area is 139 Å². The number of aromatic nitrogens is 1. The van der Waals surface area contributed by atoms with Gasteiger partial charge in [0, 0.05) is 29.2 Å². The van der Waals surface area contributed by atoms with Crippen LogP contribution in [0.4, 0.5) is 10.5 Å². The molecule has 0 fully saturated rings. The van der Waals surface area contributed by atoms with Crippen LogP contribution in [0.25, 0.3) is 10.1 Å². The summed E-state index contributed by atoms with van der Waals surface area (Å²) in [4.78, 5) is 17.4. The molecule has 0 saturated carbocycles. The second-order valence-corrected chi connectivity index (χ2v) is 6.83. The molecule has 0 unspecified atom stereocenters. The molecule has 0 bridgehead atoms. The first kappa shape index (κ1) is 15.5. The van der Waals surface area contributed by atoms with Crippen LogP contribution < -0.4 is 10.6 Å². The van der Waals surface area contributed by atoms with Gasteiger partial charge in [0.2, 0.25) is 0 Å². The number of nitrogens with one attached hydrogen (secondary N) is 2. The lowest BCUT2D eigenvalue weighted by Crippen LogP contribution is -2.28. The molecule has 23 heavy (non-hydrogen) atoms. The van der Waals surface area contributed by atoms with Crippen molar-refractivity contribution in [3.8, 4) is 0 Å². The molecule has 0 radical (unpaired) electrons. The van der Waals surface area contributed by atoms with E-state index in [1.54, 1.807) is 17.5 Å². The summed E-state index contributed by atoms with van der Waals surface area (Å²) in [5.41, 5.74) is 4.45. The standard InChI is InChI=1S/C18H19N3OS/c1-11-5-4-6-14(12(11)2)9-20-18(22)21-17-13(3)23-16-10-19-8-7-15(16)17/h4-8,10H,9H2,1-3H3,(H2,20,21,22). The quantitative estimate of drug-likeness (QED) is 0.742. The number of benzene rings is 1. The van der Waals surface area contributed by atoms with Crippen LogP contribution in [-0.4, -0.2) is 11.0 Å². The van der Waals surface area contributed by atoms with E-state index in [9.17, 15) is 4.79 Å². The van der Waals surface area contributed by atoms with Crippen LogP contribution in [0.1, 0.15) is 21.6 Å². The highest BCUT2D eigenvalue weighted by molar-refractivity contribution is 7.19. The van der Waals surface area contributed by atoms with E-state index in [1.165, 1.54) is 11.1 Å². The van der Waals surface area contributed by atoms with Crippen LogP contribution in [0, 0.1) is 20.8 Å². The fourth-order valence-corrected chi connectivity index (χ4v) is 3.55. The first-order valence-corrected chi connectivity index (χ1v) is 8.31. The lowest BCUT2D eigenvalue weighted by molar-refractivity contribution is 0.251. The summed E-state index contributed by atoms with van der Waals surface area (Å²) in [6, 6.07) is 7.87. The van der Waals surface area contributed by atoms with Crippen LogP contribution in [0.15, 0.2) is 36.7 Å². The zero-order chi connectivity index (χ0) is 16.4. The minimum Gasteiger partial charge on any atom is -0.334 e. The summed E-state index contributed by atoms with van der Waals surface area (Å²) in [6.07, 6.45) is 3.57. The van der Waals surface area contributed by atoms with Crippen molar-refractivity contribution in [2.24, 2.45) is 0 Å². The number of hydrogen-bond acceptors (Lipinski definition) is 3. The van der Waals surface area contributed by atoms with Crippen molar-refractivity contribution in [1.82, 2.24) is 10.3 Å². The van der Waals surface area contributed by atoms with E-state index < -0.39 is 0 Å². The lowest BCUT2D eigenvalue weighted by atomic mass is 10.0. The Hall–Kier alpha value is -2.40. The Morgan fingerprint density at radius 3 is 2.87 bits per heavy atom. The predicted molar refractivity (Wildman–Crippen MR) is 96.1 cm³/mol. The molecule has 5 heteroatoms. The number of anilines is 1. The van der Waals surface area contributed by atoms with E-state index in [-0.39, 0.29) is 6.03 Å². The lowest BCUT2D eigenvalue weighted by Gasteiger charge is -2.11. The summed E-state index contributed by atoms with van der Waals surface area (Å²) < 4.78 is 1.08. The Bertz CT molecular complexity index is 870. The molecule has 2 N–H and O–H groups in total. The van der Waals surface area contributed by atoms with E-state index >= 15 is 0 Å². The molecule has 0 spiro atoms. The third kappa shape index (κ3) is 3.19. The monoisotopic (exact) mass is 325 g/mol. The van der Waals surface area contributed by atoms with E-state index in [0.717, 1.165) is 26.2 Å². The number of rotatable bonds is 3. The van der Waals surface area contributed by atoms with Gasteiger partial charge in [0.05, 0.1) is 10.4 Å². The first-order valence-electron chi connectivity index (χ1n) is 7.49. The summed E-state index contributed by atoms with van der Waals surface area (Å²) in [5.74, 6) is 0. The topological polar surface area (TPSA) is 54.0 Å². The van der Waals surface area contributed by atoms with Gasteiger partial charge >= 0.3 is 6.03 Å². The Morgan fingerprint density at radius 1 is 1.22 bits per heavy atom. The van der Waals surface area contributed by atoms with Gasteiger partial charge in [-0.2, -0.15) is 0 Å². The SMILES string of the molecule is Cc1cccc(CNC(=O)Nc2c(C)sc3cnccc23)c1C. The van der Waals surface area contributed by atoms with Gasteiger partial charge in [0.15, 0.2) is 0 Å². The number of urea groups is 1. The second-order valence-electron chi connectivity index (χ2n) is 5.57. The Kier molecular flexibility index (Phi) is 4.30. The van der Waals surface area contributed by atoms with Crippen LogP contribution in [0.2, 0.25) is 0 Å². The van der Waals surface area contributed by atoms with Crippen molar-refractivity contribution in [2.75, 3.05) is 5.32 Å². The minimum absolute atomic E-state index is 0.189. The number of nitrogens with zero attached hydrogens (tertiary/aromatic N) is 1. The fraction of sp³-hybridized carbons (Fsp3) is 0.222. The summed E-state index contributed by atoms with van der Waals surface area (Å²) in [5, 5.41) is 6.94. The molecule has 0 aliphatic carbocycles. The van der Waals surface area contributed by atoms with Crippen LogP contribution >= 0.6 is 11.3 Å². The van der Waals surface area contributed by atoms with Crippen molar-refractivity contribution in [1.29, 1.82) is 0 Å². The molecule has 4 nitrogen and oxygen atoms in total. The second kappa shape index (κ2) is 6.38. The smallest absolute Gasteiger partial charge is 0.319 e. The first-order chi connectivity index (χ1) is 11.1.